The molecule has 0 saturated carbocycles. The van der Waals surface area contributed by atoms with Crippen LogP contribution in [0.3, 0.4) is 0 Å². The molecule has 0 amide bonds. The molecular weight excluding hydrogens is 483 g/mol. The Labute approximate surface area is 206 Å². The molecule has 0 aliphatic rings. The number of H-pyrrole nitrogens is 1. The summed E-state index contributed by atoms with van der Waals surface area (Å²) in [6, 6.07) is 9.03. The SMILES string of the molecule is Cc1cc(C)c(S(=O)(=O)NCc2nccn2C)cc1Nc1nc2ccc(F)cc2c2c(=O)[nH]ccc12. The maximum absolute atomic E-state index is 13.9. The van der Waals surface area contributed by atoms with E-state index in [4.69, 9.17) is 0 Å². The van der Waals surface area contributed by atoms with Crippen molar-refractivity contribution in [1.82, 2.24) is 24.2 Å². The number of aromatic amines is 1. The molecule has 0 atom stereocenters. The van der Waals surface area contributed by atoms with Gasteiger partial charge in [0.15, 0.2) is 0 Å². The first-order valence-electron chi connectivity index (χ1n) is 11.1. The fourth-order valence-corrected chi connectivity index (χ4v) is 5.44. The van der Waals surface area contributed by atoms with Gasteiger partial charge in [-0.3, -0.25) is 4.79 Å². The summed E-state index contributed by atoms with van der Waals surface area (Å²) >= 11 is 0. The van der Waals surface area contributed by atoms with Crippen molar-refractivity contribution in [3.8, 4) is 0 Å². The van der Waals surface area contributed by atoms with Crippen molar-refractivity contribution in [2.45, 2.75) is 25.3 Å². The molecular formula is C25H23FN6O3S. The normalized spacial score (nSPS) is 11.9. The Kier molecular flexibility index (Phi) is 5.81. The Balaban J connectivity index is 1.58. The van der Waals surface area contributed by atoms with Gasteiger partial charge in [0.2, 0.25) is 10.0 Å². The Hall–Kier alpha value is -4.09. The molecule has 0 unspecified atom stereocenters. The molecule has 0 radical (unpaired) electrons. The number of fused-ring (bicyclic) bond motifs is 3. The summed E-state index contributed by atoms with van der Waals surface area (Å²) in [5.41, 5.74) is 1.92. The Morgan fingerprint density at radius 3 is 2.64 bits per heavy atom. The summed E-state index contributed by atoms with van der Waals surface area (Å²) in [5, 5.41) is 4.36. The van der Waals surface area contributed by atoms with E-state index in [1.807, 2.05) is 6.92 Å². The molecule has 9 nitrogen and oxygen atoms in total. The molecule has 0 aliphatic heterocycles. The van der Waals surface area contributed by atoms with Crippen molar-refractivity contribution in [2.24, 2.45) is 7.05 Å². The minimum Gasteiger partial charge on any atom is -0.339 e. The van der Waals surface area contributed by atoms with Crippen molar-refractivity contribution in [3.05, 3.63) is 88.1 Å². The van der Waals surface area contributed by atoms with Gasteiger partial charge in [0.25, 0.3) is 5.56 Å². The van der Waals surface area contributed by atoms with E-state index in [9.17, 15) is 17.6 Å². The monoisotopic (exact) mass is 506 g/mol. The number of halogens is 1. The second-order valence-corrected chi connectivity index (χ2v) is 10.3. The van der Waals surface area contributed by atoms with E-state index in [2.05, 4.69) is 25.0 Å². The van der Waals surface area contributed by atoms with Crippen LogP contribution < -0.4 is 15.6 Å². The number of sulfonamides is 1. The van der Waals surface area contributed by atoms with E-state index in [0.29, 0.717) is 44.6 Å². The maximum atomic E-state index is 13.9. The summed E-state index contributed by atoms with van der Waals surface area (Å²) < 4.78 is 44.6. The smallest absolute Gasteiger partial charge is 0.256 e. The van der Waals surface area contributed by atoms with Crippen molar-refractivity contribution in [2.75, 3.05) is 5.32 Å². The average molecular weight is 507 g/mol. The number of benzene rings is 2. The van der Waals surface area contributed by atoms with E-state index in [1.165, 1.54) is 24.4 Å². The molecule has 184 valence electrons. The van der Waals surface area contributed by atoms with Crippen LogP contribution in [-0.4, -0.2) is 27.9 Å². The first kappa shape index (κ1) is 23.6. The lowest BCUT2D eigenvalue weighted by Crippen LogP contribution is -2.25. The highest BCUT2D eigenvalue weighted by molar-refractivity contribution is 7.89. The van der Waals surface area contributed by atoms with Crippen LogP contribution in [0.1, 0.15) is 17.0 Å². The molecule has 2 aromatic carbocycles. The lowest BCUT2D eigenvalue weighted by Gasteiger charge is -2.16. The quantitative estimate of drug-likeness (QED) is 0.301. The van der Waals surface area contributed by atoms with Crippen LogP contribution in [0.4, 0.5) is 15.9 Å². The molecule has 0 bridgehead atoms. The predicted molar refractivity (Wildman–Crippen MR) is 136 cm³/mol. The number of aromatic nitrogens is 4. The van der Waals surface area contributed by atoms with Gasteiger partial charge < -0.3 is 14.9 Å². The molecule has 5 rings (SSSR count). The van der Waals surface area contributed by atoms with Crippen LogP contribution in [0.15, 0.2) is 64.7 Å². The van der Waals surface area contributed by atoms with Crippen LogP contribution in [0.2, 0.25) is 0 Å². The van der Waals surface area contributed by atoms with E-state index < -0.39 is 15.8 Å². The number of imidazole rings is 1. The van der Waals surface area contributed by atoms with Gasteiger partial charge in [-0.25, -0.2) is 27.5 Å². The van der Waals surface area contributed by atoms with Gasteiger partial charge in [0.05, 0.1) is 22.3 Å². The average Bonchev–Trinajstić information content (AvgIpc) is 3.24. The number of hydrogen-bond acceptors (Lipinski definition) is 6. The molecule has 5 aromatic rings. The summed E-state index contributed by atoms with van der Waals surface area (Å²) in [5.74, 6) is 0.457. The molecule has 0 spiro atoms. The molecule has 11 heteroatoms. The topological polar surface area (TPSA) is 122 Å². The Bertz CT molecular complexity index is 1810. The molecule has 3 aromatic heterocycles. The molecule has 36 heavy (non-hydrogen) atoms. The van der Waals surface area contributed by atoms with E-state index in [1.54, 1.807) is 49.1 Å². The zero-order chi connectivity index (χ0) is 25.6. The van der Waals surface area contributed by atoms with Crippen LogP contribution in [0.5, 0.6) is 0 Å². The number of aryl methyl sites for hydroxylation is 3. The van der Waals surface area contributed by atoms with E-state index in [0.717, 1.165) is 5.56 Å². The largest absolute Gasteiger partial charge is 0.339 e. The molecule has 0 aliphatic carbocycles. The summed E-state index contributed by atoms with van der Waals surface area (Å²) in [6.07, 6.45) is 4.83. The molecule has 3 N–H and O–H groups in total. The zero-order valence-electron chi connectivity index (χ0n) is 19.8. The third-order valence-electron chi connectivity index (χ3n) is 6.08. The van der Waals surface area contributed by atoms with Gasteiger partial charge in [0, 0.05) is 42.1 Å². The zero-order valence-corrected chi connectivity index (χ0v) is 20.6. The molecule has 3 heterocycles. The van der Waals surface area contributed by atoms with Crippen LogP contribution >= 0.6 is 0 Å². The highest BCUT2D eigenvalue weighted by Crippen LogP contribution is 2.32. The summed E-state index contributed by atoms with van der Waals surface area (Å²) in [4.78, 5) is 24.2. The van der Waals surface area contributed by atoms with E-state index >= 15 is 0 Å². The second kappa shape index (κ2) is 8.85. The molecule has 0 saturated heterocycles. The summed E-state index contributed by atoms with van der Waals surface area (Å²) in [6.45, 7) is 3.61. The first-order valence-corrected chi connectivity index (χ1v) is 12.6. The number of rotatable bonds is 6. The standard InChI is InChI=1S/C25H23FN6O3S/c1-14-10-15(2)21(36(34,35)29-13-22-27-8-9-32(22)3)12-20(14)31-24-17-6-7-28-25(33)23(17)18-11-16(26)4-5-19(18)30-24/h4-12,29H,13H2,1-3H3,(H,28,33)(H,30,31). The van der Waals surface area contributed by atoms with Gasteiger partial charge in [-0.2, -0.15) is 0 Å². The summed E-state index contributed by atoms with van der Waals surface area (Å²) in [7, 11) is -2.08. The third-order valence-corrected chi connectivity index (χ3v) is 7.63. The highest BCUT2D eigenvalue weighted by Gasteiger charge is 2.20. The predicted octanol–water partition coefficient (Wildman–Crippen LogP) is 3.79. The van der Waals surface area contributed by atoms with Crippen LogP contribution in [0.25, 0.3) is 21.7 Å². The van der Waals surface area contributed by atoms with Crippen molar-refractivity contribution in [1.29, 1.82) is 0 Å². The fourth-order valence-electron chi connectivity index (χ4n) is 4.21. The van der Waals surface area contributed by atoms with Crippen molar-refractivity contribution < 1.29 is 12.8 Å². The van der Waals surface area contributed by atoms with Gasteiger partial charge in [-0.15, -0.1) is 0 Å². The Morgan fingerprint density at radius 1 is 1.08 bits per heavy atom. The number of hydrogen-bond donors (Lipinski definition) is 3. The number of anilines is 2. The maximum Gasteiger partial charge on any atom is 0.256 e. The number of nitrogens with one attached hydrogen (secondary N) is 3. The lowest BCUT2D eigenvalue weighted by atomic mass is 10.1. The number of nitrogens with zero attached hydrogens (tertiary/aromatic N) is 3. The number of pyridine rings is 2. The third kappa shape index (κ3) is 4.23. The van der Waals surface area contributed by atoms with Gasteiger partial charge in [-0.05, 0) is 55.3 Å². The lowest BCUT2D eigenvalue weighted by molar-refractivity contribution is 0.577. The minimum absolute atomic E-state index is 0.0398. The van der Waals surface area contributed by atoms with Crippen molar-refractivity contribution in [3.63, 3.8) is 0 Å². The Morgan fingerprint density at radius 2 is 1.89 bits per heavy atom. The van der Waals surface area contributed by atoms with E-state index in [-0.39, 0.29) is 17.0 Å². The first-order chi connectivity index (χ1) is 17.1. The fraction of sp³-hybridized carbons (Fsp3) is 0.160. The van der Waals surface area contributed by atoms with Gasteiger partial charge in [-0.1, -0.05) is 6.07 Å². The minimum atomic E-state index is -3.86. The van der Waals surface area contributed by atoms with Crippen LogP contribution in [0, 0.1) is 19.7 Å². The van der Waals surface area contributed by atoms with Gasteiger partial charge >= 0.3 is 0 Å². The highest BCUT2D eigenvalue weighted by atomic mass is 32.2. The second-order valence-electron chi connectivity index (χ2n) is 8.55. The van der Waals surface area contributed by atoms with Crippen LogP contribution in [-0.2, 0) is 23.6 Å². The van der Waals surface area contributed by atoms with Gasteiger partial charge in [0.1, 0.15) is 17.5 Å². The van der Waals surface area contributed by atoms with Crippen molar-refractivity contribution >= 4 is 43.2 Å². The molecule has 0 fully saturated rings.